The summed E-state index contributed by atoms with van der Waals surface area (Å²) in [7, 11) is 2.78. The number of halogens is 2. The van der Waals surface area contributed by atoms with Crippen molar-refractivity contribution < 1.29 is 19.1 Å². The number of phenols is 1. The number of benzene rings is 1. The van der Waals surface area contributed by atoms with Crippen LogP contribution in [0.3, 0.4) is 0 Å². The number of nitrogens with one attached hydrogen (secondary N) is 1. The summed E-state index contributed by atoms with van der Waals surface area (Å²) in [6, 6.07) is 1.49. The molecule has 0 heterocycles. The SMILES string of the molecule is CONCc1c(Br)cc(OC)c(O)c1F. The highest BCUT2D eigenvalue weighted by atomic mass is 79.9. The number of phenolic OH excluding ortho intramolecular Hbond substituents is 1. The first-order valence-corrected chi connectivity index (χ1v) is 4.90. The van der Waals surface area contributed by atoms with Crippen LogP contribution in [0.1, 0.15) is 5.56 Å². The summed E-state index contributed by atoms with van der Waals surface area (Å²) in [6.07, 6.45) is 0. The Morgan fingerprint density at radius 3 is 2.73 bits per heavy atom. The van der Waals surface area contributed by atoms with E-state index < -0.39 is 11.6 Å². The molecule has 84 valence electrons. The topological polar surface area (TPSA) is 50.7 Å². The van der Waals surface area contributed by atoms with E-state index in [1.807, 2.05) is 0 Å². The van der Waals surface area contributed by atoms with Crippen LogP contribution in [0.15, 0.2) is 10.5 Å². The fourth-order valence-corrected chi connectivity index (χ4v) is 1.61. The van der Waals surface area contributed by atoms with Crippen LogP contribution in [-0.2, 0) is 11.4 Å². The first-order chi connectivity index (χ1) is 7.11. The molecule has 0 saturated carbocycles. The summed E-state index contributed by atoms with van der Waals surface area (Å²) in [5.74, 6) is -1.15. The monoisotopic (exact) mass is 279 g/mol. The Morgan fingerprint density at radius 2 is 2.20 bits per heavy atom. The molecule has 0 bridgehead atoms. The largest absolute Gasteiger partial charge is 0.502 e. The molecule has 15 heavy (non-hydrogen) atoms. The Labute approximate surface area is 95.1 Å². The van der Waals surface area contributed by atoms with E-state index in [1.165, 1.54) is 20.3 Å². The quantitative estimate of drug-likeness (QED) is 0.828. The maximum Gasteiger partial charge on any atom is 0.194 e. The van der Waals surface area contributed by atoms with Crippen molar-refractivity contribution in [1.29, 1.82) is 0 Å². The third-order valence-corrected chi connectivity index (χ3v) is 2.57. The molecule has 0 unspecified atom stereocenters. The minimum Gasteiger partial charge on any atom is -0.502 e. The predicted octanol–water partition coefficient (Wildman–Crippen LogP) is 1.95. The van der Waals surface area contributed by atoms with Crippen LogP contribution in [0.25, 0.3) is 0 Å². The molecule has 1 rings (SSSR count). The van der Waals surface area contributed by atoms with Gasteiger partial charge in [-0.25, -0.2) is 4.39 Å². The number of hydrogen-bond acceptors (Lipinski definition) is 4. The molecule has 0 radical (unpaired) electrons. The van der Waals surface area contributed by atoms with Gasteiger partial charge in [0.2, 0.25) is 0 Å². The predicted molar refractivity (Wildman–Crippen MR) is 56.2 cm³/mol. The van der Waals surface area contributed by atoms with E-state index in [0.717, 1.165) is 0 Å². The van der Waals surface area contributed by atoms with Crippen molar-refractivity contribution in [1.82, 2.24) is 5.48 Å². The first kappa shape index (κ1) is 12.2. The zero-order valence-electron chi connectivity index (χ0n) is 8.30. The van der Waals surface area contributed by atoms with Gasteiger partial charge < -0.3 is 14.7 Å². The average molecular weight is 280 g/mol. The lowest BCUT2D eigenvalue weighted by molar-refractivity contribution is 0.0856. The molecule has 0 amide bonds. The van der Waals surface area contributed by atoms with Crippen molar-refractivity contribution in [3.63, 3.8) is 0 Å². The van der Waals surface area contributed by atoms with Crippen LogP contribution >= 0.6 is 15.9 Å². The number of methoxy groups -OCH3 is 1. The third kappa shape index (κ3) is 2.58. The summed E-state index contributed by atoms with van der Waals surface area (Å²) < 4.78 is 18.9. The molecule has 2 N–H and O–H groups in total. The van der Waals surface area contributed by atoms with Gasteiger partial charge in [0.1, 0.15) is 0 Å². The molecule has 6 heteroatoms. The summed E-state index contributed by atoms with van der Waals surface area (Å²) >= 11 is 3.18. The van der Waals surface area contributed by atoms with Crippen LogP contribution in [0, 0.1) is 5.82 Å². The lowest BCUT2D eigenvalue weighted by Crippen LogP contribution is -2.12. The van der Waals surface area contributed by atoms with E-state index >= 15 is 0 Å². The Balaban J connectivity index is 3.11. The van der Waals surface area contributed by atoms with Gasteiger partial charge in [-0.1, -0.05) is 15.9 Å². The summed E-state index contributed by atoms with van der Waals surface area (Å²) in [5, 5.41) is 9.41. The lowest BCUT2D eigenvalue weighted by atomic mass is 10.2. The summed E-state index contributed by atoms with van der Waals surface area (Å²) in [6.45, 7) is 0.139. The van der Waals surface area contributed by atoms with Gasteiger partial charge in [0.25, 0.3) is 0 Å². The Hall–Kier alpha value is -0.850. The van der Waals surface area contributed by atoms with E-state index in [2.05, 4.69) is 26.2 Å². The highest BCUT2D eigenvalue weighted by Crippen LogP contribution is 2.35. The molecule has 0 aliphatic rings. The molecule has 0 fully saturated rings. The first-order valence-electron chi connectivity index (χ1n) is 4.11. The van der Waals surface area contributed by atoms with Crippen molar-refractivity contribution in [3.8, 4) is 11.5 Å². The van der Waals surface area contributed by atoms with Crippen LogP contribution in [0.4, 0.5) is 4.39 Å². The minimum atomic E-state index is -0.731. The molecule has 0 aliphatic heterocycles. The number of hydroxylamine groups is 1. The summed E-state index contributed by atoms with van der Waals surface area (Å²) in [5.41, 5.74) is 2.76. The van der Waals surface area contributed by atoms with Crippen molar-refractivity contribution in [2.24, 2.45) is 0 Å². The maximum absolute atomic E-state index is 13.6. The second kappa shape index (κ2) is 5.29. The zero-order valence-corrected chi connectivity index (χ0v) is 9.89. The van der Waals surface area contributed by atoms with Crippen molar-refractivity contribution in [2.45, 2.75) is 6.54 Å². The van der Waals surface area contributed by atoms with Crippen molar-refractivity contribution in [2.75, 3.05) is 14.2 Å². The molecule has 0 atom stereocenters. The van der Waals surface area contributed by atoms with Gasteiger partial charge in [0.05, 0.1) is 20.8 Å². The average Bonchev–Trinajstić information content (AvgIpc) is 2.23. The van der Waals surface area contributed by atoms with E-state index in [9.17, 15) is 9.50 Å². The minimum absolute atomic E-state index is 0.0838. The highest BCUT2D eigenvalue weighted by Gasteiger charge is 2.16. The Kier molecular flexibility index (Phi) is 4.31. The molecular weight excluding hydrogens is 269 g/mol. The number of hydrogen-bond donors (Lipinski definition) is 2. The van der Waals surface area contributed by atoms with E-state index in [1.54, 1.807) is 0 Å². The van der Waals surface area contributed by atoms with E-state index in [0.29, 0.717) is 4.47 Å². The van der Waals surface area contributed by atoms with Gasteiger partial charge in [0, 0.05) is 10.0 Å². The van der Waals surface area contributed by atoms with Crippen molar-refractivity contribution in [3.05, 3.63) is 21.9 Å². The fourth-order valence-electron chi connectivity index (χ4n) is 1.09. The zero-order chi connectivity index (χ0) is 11.4. The Bertz CT molecular complexity index is 360. The lowest BCUT2D eigenvalue weighted by Gasteiger charge is -2.11. The fraction of sp³-hybridized carbons (Fsp3) is 0.333. The maximum atomic E-state index is 13.6. The molecule has 0 aromatic heterocycles. The van der Waals surface area contributed by atoms with Gasteiger partial charge in [-0.2, -0.15) is 5.48 Å². The third-order valence-electron chi connectivity index (χ3n) is 1.87. The summed E-state index contributed by atoms with van der Waals surface area (Å²) in [4.78, 5) is 4.60. The van der Waals surface area contributed by atoms with E-state index in [4.69, 9.17) is 4.74 Å². The molecular formula is C9H11BrFNO3. The normalized spacial score (nSPS) is 10.4. The van der Waals surface area contributed by atoms with Crippen LogP contribution < -0.4 is 10.2 Å². The Morgan fingerprint density at radius 1 is 1.53 bits per heavy atom. The van der Waals surface area contributed by atoms with Gasteiger partial charge in [-0.15, -0.1) is 0 Å². The molecule has 0 aliphatic carbocycles. The molecule has 0 saturated heterocycles. The van der Waals surface area contributed by atoms with Gasteiger partial charge >= 0.3 is 0 Å². The number of rotatable bonds is 4. The van der Waals surface area contributed by atoms with Gasteiger partial charge in [0.15, 0.2) is 17.3 Å². The van der Waals surface area contributed by atoms with Crippen molar-refractivity contribution >= 4 is 15.9 Å². The van der Waals surface area contributed by atoms with Crippen LogP contribution in [-0.4, -0.2) is 19.3 Å². The van der Waals surface area contributed by atoms with Gasteiger partial charge in [-0.3, -0.25) is 0 Å². The molecule has 1 aromatic rings. The van der Waals surface area contributed by atoms with E-state index in [-0.39, 0.29) is 17.9 Å². The highest BCUT2D eigenvalue weighted by molar-refractivity contribution is 9.10. The number of aromatic hydroxyl groups is 1. The second-order valence-corrected chi connectivity index (χ2v) is 3.58. The van der Waals surface area contributed by atoms with Crippen LogP contribution in [0.5, 0.6) is 11.5 Å². The standard InChI is InChI=1S/C9H11BrFNO3/c1-14-7-3-6(10)5(4-12-15-2)8(11)9(7)13/h3,12-13H,4H2,1-2H3. The molecule has 1 aromatic carbocycles. The van der Waals surface area contributed by atoms with Crippen LogP contribution in [0.2, 0.25) is 0 Å². The smallest absolute Gasteiger partial charge is 0.194 e. The second-order valence-electron chi connectivity index (χ2n) is 2.73. The van der Waals surface area contributed by atoms with Gasteiger partial charge in [-0.05, 0) is 6.07 Å². The number of ether oxygens (including phenoxy) is 1. The molecule has 4 nitrogen and oxygen atoms in total. The molecule has 0 spiro atoms.